The number of benzene rings is 3. The number of ether oxygens (including phenoxy) is 1. The molecule has 1 aliphatic heterocycles. The van der Waals surface area contributed by atoms with E-state index in [1.165, 1.54) is 12.1 Å². The fourth-order valence-electron chi connectivity index (χ4n) is 5.23. The normalized spacial score (nSPS) is 14.2. The molecule has 3 aromatic carbocycles. The van der Waals surface area contributed by atoms with Crippen molar-refractivity contribution >= 4 is 46.9 Å². The minimum absolute atomic E-state index is 0. The number of fused-ring (bicyclic) bond motifs is 1. The molecule has 11 heteroatoms. The highest BCUT2D eigenvalue weighted by Gasteiger charge is 2.31. The molecule has 4 aromatic rings. The summed E-state index contributed by atoms with van der Waals surface area (Å²) in [4.78, 5) is 15.9. The zero-order valence-electron chi connectivity index (χ0n) is 22.2. The van der Waals surface area contributed by atoms with Crippen LogP contribution in [0.15, 0.2) is 66.9 Å². The number of anilines is 1. The van der Waals surface area contributed by atoms with Gasteiger partial charge in [-0.3, -0.25) is 9.69 Å². The maximum atomic E-state index is 12.6. The van der Waals surface area contributed by atoms with Gasteiger partial charge in [-0.25, -0.2) is 0 Å². The van der Waals surface area contributed by atoms with Crippen LogP contribution in [0.1, 0.15) is 22.3 Å². The lowest BCUT2D eigenvalue weighted by Gasteiger charge is -2.36. The molecule has 1 saturated heterocycles. The zero-order valence-corrected chi connectivity index (χ0v) is 23.8. The topological polar surface area (TPSA) is 63.7 Å². The van der Waals surface area contributed by atoms with Gasteiger partial charge in [0, 0.05) is 67.5 Å². The van der Waals surface area contributed by atoms with Crippen LogP contribution in [0.4, 0.5) is 18.9 Å². The second-order valence-electron chi connectivity index (χ2n) is 9.86. The Labute approximate surface area is 247 Å². The Morgan fingerprint density at radius 3 is 2.39 bits per heavy atom. The quantitative estimate of drug-likeness (QED) is 0.213. The average Bonchev–Trinajstić information content (AvgIpc) is 3.30. The van der Waals surface area contributed by atoms with E-state index in [2.05, 4.69) is 37.3 Å². The van der Waals surface area contributed by atoms with Crippen molar-refractivity contribution in [3.05, 3.63) is 83.0 Å². The smallest absolute Gasteiger partial charge is 0.406 e. The largest absolute Gasteiger partial charge is 0.573 e. The lowest BCUT2D eigenvalue weighted by atomic mass is 10.0. The Hall–Kier alpha value is -3.24. The fourth-order valence-corrected chi connectivity index (χ4v) is 5.52. The van der Waals surface area contributed by atoms with E-state index in [1.807, 2.05) is 18.3 Å². The van der Waals surface area contributed by atoms with Crippen molar-refractivity contribution in [2.45, 2.75) is 25.9 Å². The molecule has 6 nitrogen and oxygen atoms in total. The van der Waals surface area contributed by atoms with E-state index in [9.17, 15) is 18.0 Å². The second-order valence-corrected chi connectivity index (χ2v) is 10.2. The van der Waals surface area contributed by atoms with Crippen LogP contribution in [0, 0.1) is 0 Å². The van der Waals surface area contributed by atoms with E-state index < -0.39 is 6.36 Å². The highest BCUT2D eigenvalue weighted by atomic mass is 35.5. The van der Waals surface area contributed by atoms with E-state index in [0.29, 0.717) is 17.1 Å². The summed E-state index contributed by atoms with van der Waals surface area (Å²) in [7, 11) is 0. The van der Waals surface area contributed by atoms with Crippen molar-refractivity contribution in [1.82, 2.24) is 9.47 Å². The molecular formula is C30H31Cl2F3N4O2. The first-order valence-corrected chi connectivity index (χ1v) is 13.5. The standard InChI is InChI=1S/C30H30ClF3N4O2.ClH/c31-29-23(20-39)3-1-4-28(29)37-15-13-36(14-16-37)18-21-5-10-27-25(17-21)26(19-38(27)12-2-11-35)22-6-8-24(9-7-22)40-30(32,33)34;/h1,3-10,17,19-20H,2,11-16,18,35H2;1H. The van der Waals surface area contributed by atoms with Gasteiger partial charge in [-0.2, -0.15) is 0 Å². The fraction of sp³-hybridized carbons (Fsp3) is 0.300. The third-order valence-electron chi connectivity index (χ3n) is 7.20. The van der Waals surface area contributed by atoms with Crippen molar-refractivity contribution in [2.24, 2.45) is 5.73 Å². The number of rotatable bonds is 9. The molecule has 5 rings (SSSR count). The van der Waals surface area contributed by atoms with Gasteiger partial charge in [-0.15, -0.1) is 25.6 Å². The van der Waals surface area contributed by atoms with Gasteiger partial charge in [0.25, 0.3) is 0 Å². The van der Waals surface area contributed by atoms with Crippen LogP contribution >= 0.6 is 24.0 Å². The number of nitrogens with zero attached hydrogens (tertiary/aromatic N) is 3. The molecule has 2 heterocycles. The average molecular weight is 608 g/mol. The number of aromatic nitrogens is 1. The van der Waals surface area contributed by atoms with Gasteiger partial charge in [-0.1, -0.05) is 41.9 Å². The van der Waals surface area contributed by atoms with Crippen molar-refractivity contribution in [1.29, 1.82) is 0 Å². The monoisotopic (exact) mass is 606 g/mol. The highest BCUT2D eigenvalue weighted by molar-refractivity contribution is 6.35. The van der Waals surface area contributed by atoms with Gasteiger partial charge in [0.2, 0.25) is 0 Å². The number of nitrogens with two attached hydrogens (primary N) is 1. The second kappa shape index (κ2) is 13.2. The Morgan fingerprint density at radius 2 is 1.73 bits per heavy atom. The SMILES string of the molecule is Cl.NCCCn1cc(-c2ccc(OC(F)(F)F)cc2)c2cc(CN3CCN(c4cccc(C=O)c4Cl)CC3)ccc21. The Morgan fingerprint density at radius 1 is 1.00 bits per heavy atom. The van der Waals surface area contributed by atoms with E-state index in [-0.39, 0.29) is 18.2 Å². The molecule has 1 aromatic heterocycles. The summed E-state index contributed by atoms with van der Waals surface area (Å²) in [5, 5.41) is 1.52. The minimum Gasteiger partial charge on any atom is -0.406 e. The van der Waals surface area contributed by atoms with Crippen LogP contribution in [-0.4, -0.2) is 54.8 Å². The molecule has 41 heavy (non-hydrogen) atoms. The maximum Gasteiger partial charge on any atom is 0.573 e. The van der Waals surface area contributed by atoms with Crippen molar-refractivity contribution in [2.75, 3.05) is 37.6 Å². The molecule has 0 spiro atoms. The highest BCUT2D eigenvalue weighted by Crippen LogP contribution is 2.34. The van der Waals surface area contributed by atoms with Crippen LogP contribution in [0.5, 0.6) is 5.75 Å². The molecule has 218 valence electrons. The zero-order chi connectivity index (χ0) is 28.3. The van der Waals surface area contributed by atoms with Crippen molar-refractivity contribution < 1.29 is 22.7 Å². The Balaban J connectivity index is 0.00000387. The van der Waals surface area contributed by atoms with Gasteiger partial charge in [0.15, 0.2) is 6.29 Å². The first kappa shape index (κ1) is 30.7. The summed E-state index contributed by atoms with van der Waals surface area (Å²) < 4.78 is 44.1. The molecule has 2 N–H and O–H groups in total. The molecule has 0 amide bonds. The molecule has 0 unspecified atom stereocenters. The summed E-state index contributed by atoms with van der Waals surface area (Å²) >= 11 is 6.45. The first-order valence-electron chi connectivity index (χ1n) is 13.1. The van der Waals surface area contributed by atoms with Crippen molar-refractivity contribution in [3.63, 3.8) is 0 Å². The molecule has 0 saturated carbocycles. The number of hydrogen-bond acceptors (Lipinski definition) is 5. The van der Waals surface area contributed by atoms with Crippen LogP contribution in [0.2, 0.25) is 5.02 Å². The molecule has 0 atom stereocenters. The first-order chi connectivity index (χ1) is 19.3. The molecule has 0 bridgehead atoms. The van der Waals surface area contributed by atoms with Crippen LogP contribution in [0.3, 0.4) is 0 Å². The predicted octanol–water partition coefficient (Wildman–Crippen LogP) is 6.77. The van der Waals surface area contributed by atoms with Crippen molar-refractivity contribution in [3.8, 4) is 16.9 Å². The number of hydrogen-bond donors (Lipinski definition) is 1. The summed E-state index contributed by atoms with van der Waals surface area (Å²) in [5.74, 6) is -0.248. The van der Waals surface area contributed by atoms with E-state index in [1.54, 1.807) is 18.2 Å². The Kier molecular flexibility index (Phi) is 9.86. The minimum atomic E-state index is -4.73. The van der Waals surface area contributed by atoms with Gasteiger partial charge < -0.3 is 19.9 Å². The number of carbonyl (C=O) groups excluding carboxylic acids is 1. The van der Waals surface area contributed by atoms with Crippen LogP contribution in [0.25, 0.3) is 22.0 Å². The van der Waals surface area contributed by atoms with Crippen LogP contribution < -0.4 is 15.4 Å². The van der Waals surface area contributed by atoms with E-state index in [0.717, 1.165) is 85.3 Å². The van der Waals surface area contributed by atoms with Gasteiger partial charge in [-0.05, 0) is 54.4 Å². The molecule has 0 aliphatic carbocycles. The molecule has 1 fully saturated rings. The van der Waals surface area contributed by atoms with Gasteiger partial charge in [0.1, 0.15) is 5.75 Å². The van der Waals surface area contributed by atoms with Gasteiger partial charge >= 0.3 is 6.36 Å². The third-order valence-corrected chi connectivity index (χ3v) is 7.61. The summed E-state index contributed by atoms with van der Waals surface area (Å²) in [6.45, 7) is 5.33. The predicted molar refractivity (Wildman–Crippen MR) is 159 cm³/mol. The third kappa shape index (κ3) is 7.16. The van der Waals surface area contributed by atoms with E-state index in [4.69, 9.17) is 17.3 Å². The maximum absolute atomic E-state index is 12.6. The molecule has 1 aliphatic rings. The van der Waals surface area contributed by atoms with Crippen LogP contribution in [-0.2, 0) is 13.1 Å². The summed E-state index contributed by atoms with van der Waals surface area (Å²) in [6, 6.07) is 17.9. The molecular weight excluding hydrogens is 576 g/mol. The number of halogens is 5. The van der Waals surface area contributed by atoms with Gasteiger partial charge in [0.05, 0.1) is 10.7 Å². The number of aryl methyl sites for hydroxylation is 1. The summed E-state index contributed by atoms with van der Waals surface area (Å²) in [5.41, 5.74) is 11.1. The lowest BCUT2D eigenvalue weighted by Crippen LogP contribution is -2.46. The van der Waals surface area contributed by atoms with E-state index >= 15 is 0 Å². The lowest BCUT2D eigenvalue weighted by molar-refractivity contribution is -0.274. The number of aldehydes is 1. The number of alkyl halides is 3. The number of piperazine rings is 1. The molecule has 0 radical (unpaired) electrons. The Bertz CT molecular complexity index is 1480. The summed E-state index contributed by atoms with van der Waals surface area (Å²) in [6.07, 6.45) is -1.10. The number of carbonyl (C=O) groups is 1.